The minimum absolute atomic E-state index is 0.0316. The molecule has 33 heavy (non-hydrogen) atoms. The Labute approximate surface area is 190 Å². The van der Waals surface area contributed by atoms with E-state index in [0.29, 0.717) is 27.9 Å². The minimum atomic E-state index is -4.51. The summed E-state index contributed by atoms with van der Waals surface area (Å²) in [5, 5.41) is 3.77. The van der Waals surface area contributed by atoms with E-state index in [9.17, 15) is 18.0 Å². The molecule has 0 saturated heterocycles. The fourth-order valence-electron chi connectivity index (χ4n) is 4.41. The fraction of sp³-hybridized carbons (Fsp3) is 0.360. The van der Waals surface area contributed by atoms with Gasteiger partial charge in [-0.25, -0.2) is 4.98 Å². The third-order valence-corrected chi connectivity index (χ3v) is 6.30. The lowest BCUT2D eigenvalue weighted by Gasteiger charge is -2.37. The van der Waals surface area contributed by atoms with Crippen LogP contribution < -0.4 is 15.0 Å². The summed E-state index contributed by atoms with van der Waals surface area (Å²) in [5.41, 5.74) is 0.537. The summed E-state index contributed by atoms with van der Waals surface area (Å²) in [5.74, 6) is 0.553. The predicted octanol–water partition coefficient (Wildman–Crippen LogP) is 5.44. The van der Waals surface area contributed by atoms with Crippen molar-refractivity contribution in [2.45, 2.75) is 43.9 Å². The maximum absolute atomic E-state index is 13.4. The number of alkyl halides is 3. The molecule has 3 aromatic rings. The van der Waals surface area contributed by atoms with Gasteiger partial charge in [-0.2, -0.15) is 13.2 Å². The first-order chi connectivity index (χ1) is 15.8. The van der Waals surface area contributed by atoms with Crippen LogP contribution in [0.4, 0.5) is 18.9 Å². The van der Waals surface area contributed by atoms with E-state index in [0.717, 1.165) is 31.7 Å². The van der Waals surface area contributed by atoms with Gasteiger partial charge in [0, 0.05) is 35.8 Å². The van der Waals surface area contributed by atoms with Crippen LogP contribution in [0.1, 0.15) is 41.7 Å². The summed E-state index contributed by atoms with van der Waals surface area (Å²) in [7, 11) is 3.41. The Bertz CT molecular complexity index is 1120. The van der Waals surface area contributed by atoms with Crippen molar-refractivity contribution in [3.05, 3.63) is 65.9 Å². The number of halogens is 3. The molecule has 8 heteroatoms. The minimum Gasteiger partial charge on any atom is -0.497 e. The molecule has 0 radical (unpaired) electrons. The number of anilines is 1. The molecule has 1 fully saturated rings. The van der Waals surface area contributed by atoms with Crippen molar-refractivity contribution in [3.8, 4) is 5.75 Å². The SMILES string of the molecule is COc1ccc(C(=O)NC2CCC(N(C)c3cc(C(F)(F)F)nc4ccccc34)CC2)cc1. The van der Waals surface area contributed by atoms with Crippen LogP contribution in [-0.2, 0) is 6.18 Å². The van der Waals surface area contributed by atoms with E-state index in [1.165, 1.54) is 0 Å². The number of hydrogen-bond acceptors (Lipinski definition) is 4. The number of carbonyl (C=O) groups is 1. The standard InChI is InChI=1S/C25H26F3N3O2/c1-31(22-15-23(25(26,27)28)30-21-6-4-3-5-20(21)22)18-11-9-17(10-12-18)29-24(32)16-7-13-19(33-2)14-8-16/h3-8,13-15,17-18H,9-12H2,1-2H3,(H,29,32). The summed E-state index contributed by atoms with van der Waals surface area (Å²) in [4.78, 5) is 18.3. The summed E-state index contributed by atoms with van der Waals surface area (Å²) in [6.45, 7) is 0. The molecule has 2 aromatic carbocycles. The molecule has 174 valence electrons. The van der Waals surface area contributed by atoms with Crippen molar-refractivity contribution in [3.63, 3.8) is 0 Å². The van der Waals surface area contributed by atoms with Gasteiger partial charge in [0.1, 0.15) is 11.4 Å². The van der Waals surface area contributed by atoms with Crippen molar-refractivity contribution in [1.29, 1.82) is 0 Å². The number of pyridine rings is 1. The average molecular weight is 457 g/mol. The van der Waals surface area contributed by atoms with Crippen LogP contribution in [0.3, 0.4) is 0 Å². The van der Waals surface area contributed by atoms with E-state index >= 15 is 0 Å². The lowest BCUT2D eigenvalue weighted by Crippen LogP contribution is -2.43. The van der Waals surface area contributed by atoms with Crippen LogP contribution in [0, 0.1) is 0 Å². The van der Waals surface area contributed by atoms with E-state index in [1.54, 1.807) is 55.6 Å². The summed E-state index contributed by atoms with van der Waals surface area (Å²) < 4.78 is 45.4. The first kappa shape index (κ1) is 22.9. The number of nitrogens with one attached hydrogen (secondary N) is 1. The molecule has 1 N–H and O–H groups in total. The van der Waals surface area contributed by atoms with Gasteiger partial charge >= 0.3 is 6.18 Å². The van der Waals surface area contributed by atoms with Gasteiger partial charge in [-0.15, -0.1) is 0 Å². The molecule has 0 atom stereocenters. The van der Waals surface area contributed by atoms with Crippen LogP contribution >= 0.6 is 0 Å². The molecule has 5 nitrogen and oxygen atoms in total. The van der Waals surface area contributed by atoms with Gasteiger partial charge in [-0.3, -0.25) is 4.79 Å². The molecule has 0 aliphatic heterocycles. The van der Waals surface area contributed by atoms with Crippen molar-refractivity contribution in [1.82, 2.24) is 10.3 Å². The Hall–Kier alpha value is -3.29. The van der Waals surface area contributed by atoms with Crippen molar-refractivity contribution >= 4 is 22.5 Å². The zero-order valence-corrected chi connectivity index (χ0v) is 18.5. The van der Waals surface area contributed by atoms with Gasteiger partial charge in [-0.1, -0.05) is 18.2 Å². The first-order valence-corrected chi connectivity index (χ1v) is 10.9. The zero-order chi connectivity index (χ0) is 23.6. The van der Waals surface area contributed by atoms with E-state index in [-0.39, 0.29) is 18.0 Å². The lowest BCUT2D eigenvalue weighted by molar-refractivity contribution is -0.140. The van der Waals surface area contributed by atoms with Crippen LogP contribution in [0.25, 0.3) is 10.9 Å². The second-order valence-electron chi connectivity index (χ2n) is 8.36. The molecule has 1 aromatic heterocycles. The van der Waals surface area contributed by atoms with Crippen molar-refractivity contribution in [2.75, 3.05) is 19.1 Å². The van der Waals surface area contributed by atoms with Gasteiger partial charge in [0.2, 0.25) is 0 Å². The third kappa shape index (κ3) is 5.05. The number of methoxy groups -OCH3 is 1. The number of fused-ring (bicyclic) bond motifs is 1. The highest BCUT2D eigenvalue weighted by molar-refractivity contribution is 5.94. The number of ether oxygens (including phenoxy) is 1. The quantitative estimate of drug-likeness (QED) is 0.554. The highest BCUT2D eigenvalue weighted by atomic mass is 19.4. The Morgan fingerprint density at radius 3 is 2.36 bits per heavy atom. The number of para-hydroxylation sites is 1. The fourth-order valence-corrected chi connectivity index (χ4v) is 4.41. The van der Waals surface area contributed by atoms with Crippen LogP contribution in [0.2, 0.25) is 0 Å². The molecule has 0 unspecified atom stereocenters. The average Bonchev–Trinajstić information content (AvgIpc) is 2.83. The topological polar surface area (TPSA) is 54.5 Å². The normalized spacial score (nSPS) is 18.7. The van der Waals surface area contributed by atoms with Crippen molar-refractivity contribution < 1.29 is 22.7 Å². The highest BCUT2D eigenvalue weighted by Crippen LogP contribution is 2.36. The monoisotopic (exact) mass is 457 g/mol. The Kier molecular flexibility index (Phi) is 6.44. The van der Waals surface area contributed by atoms with E-state index < -0.39 is 11.9 Å². The lowest BCUT2D eigenvalue weighted by atomic mass is 9.89. The summed E-state index contributed by atoms with van der Waals surface area (Å²) in [6, 6.07) is 15.1. The molecule has 1 aliphatic rings. The van der Waals surface area contributed by atoms with E-state index in [2.05, 4.69) is 10.3 Å². The number of benzene rings is 2. The molecule has 1 saturated carbocycles. The van der Waals surface area contributed by atoms with Crippen molar-refractivity contribution in [2.24, 2.45) is 0 Å². The highest BCUT2D eigenvalue weighted by Gasteiger charge is 2.34. The van der Waals surface area contributed by atoms with Gasteiger partial charge in [0.25, 0.3) is 5.91 Å². The molecular weight excluding hydrogens is 431 g/mol. The largest absolute Gasteiger partial charge is 0.497 e. The van der Waals surface area contributed by atoms with Crippen LogP contribution in [0.15, 0.2) is 54.6 Å². The smallest absolute Gasteiger partial charge is 0.433 e. The first-order valence-electron chi connectivity index (χ1n) is 10.9. The molecular formula is C25H26F3N3O2. The number of carbonyl (C=O) groups excluding carboxylic acids is 1. The Morgan fingerprint density at radius 1 is 1.06 bits per heavy atom. The third-order valence-electron chi connectivity index (χ3n) is 6.30. The number of rotatable bonds is 5. The molecule has 1 heterocycles. The maximum Gasteiger partial charge on any atom is 0.433 e. The summed E-state index contributed by atoms with van der Waals surface area (Å²) >= 11 is 0. The molecule has 0 bridgehead atoms. The molecule has 0 spiro atoms. The number of hydrogen-bond donors (Lipinski definition) is 1. The number of nitrogens with zero attached hydrogens (tertiary/aromatic N) is 2. The van der Waals surface area contributed by atoms with E-state index in [1.807, 2.05) is 11.9 Å². The Balaban J connectivity index is 1.44. The van der Waals surface area contributed by atoms with Crippen LogP contribution in [-0.4, -0.2) is 37.1 Å². The number of amides is 1. The zero-order valence-electron chi connectivity index (χ0n) is 18.5. The van der Waals surface area contributed by atoms with Gasteiger partial charge < -0.3 is 15.0 Å². The maximum atomic E-state index is 13.4. The second kappa shape index (κ2) is 9.29. The molecule has 1 amide bonds. The van der Waals surface area contributed by atoms with Gasteiger partial charge in [0.05, 0.1) is 12.6 Å². The van der Waals surface area contributed by atoms with E-state index in [4.69, 9.17) is 4.74 Å². The predicted molar refractivity (Wildman–Crippen MR) is 122 cm³/mol. The Morgan fingerprint density at radius 2 is 1.73 bits per heavy atom. The van der Waals surface area contributed by atoms with Gasteiger partial charge in [0.15, 0.2) is 0 Å². The molecule has 1 aliphatic carbocycles. The van der Waals surface area contributed by atoms with Crippen LogP contribution in [0.5, 0.6) is 5.75 Å². The summed E-state index contributed by atoms with van der Waals surface area (Å²) in [6.07, 6.45) is -1.47. The number of aromatic nitrogens is 1. The second-order valence-corrected chi connectivity index (χ2v) is 8.36. The van der Waals surface area contributed by atoms with Gasteiger partial charge in [-0.05, 0) is 62.1 Å². The molecule has 4 rings (SSSR count).